The number of hydrogen-bond donors (Lipinski definition) is 1. The van der Waals surface area contributed by atoms with Crippen LogP contribution in [0.1, 0.15) is 49.0 Å². The second kappa shape index (κ2) is 5.54. The molecule has 0 bridgehead atoms. The van der Waals surface area contributed by atoms with E-state index in [1.54, 1.807) is 0 Å². The number of rotatable bonds is 5. The normalized spacial score (nSPS) is 10.3. The predicted molar refractivity (Wildman–Crippen MR) is 64.1 cm³/mol. The van der Waals surface area contributed by atoms with Crippen LogP contribution < -0.4 is 5.73 Å². The van der Waals surface area contributed by atoms with E-state index in [2.05, 4.69) is 13.8 Å². The number of aryl methyl sites for hydroxylation is 1. The number of ketones is 1. The largest absolute Gasteiger partial charge is 0.398 e. The fourth-order valence-corrected chi connectivity index (χ4v) is 1.54. The monoisotopic (exact) mass is 205 g/mol. The smallest absolute Gasteiger partial charge is 0.164 e. The highest BCUT2D eigenvalue weighted by Gasteiger charge is 2.09. The molecule has 1 aromatic carbocycles. The summed E-state index contributed by atoms with van der Waals surface area (Å²) in [5.74, 6) is 0.171. The van der Waals surface area contributed by atoms with E-state index < -0.39 is 0 Å². The van der Waals surface area contributed by atoms with Gasteiger partial charge in [0.1, 0.15) is 0 Å². The summed E-state index contributed by atoms with van der Waals surface area (Å²) in [6, 6.07) is 5.73. The van der Waals surface area contributed by atoms with Crippen LogP contribution in [-0.2, 0) is 6.42 Å². The molecular weight excluding hydrogens is 186 g/mol. The number of benzene rings is 1. The molecule has 0 saturated carbocycles. The molecule has 1 aromatic rings. The lowest BCUT2D eigenvalue weighted by Crippen LogP contribution is -2.04. The first-order valence-electron chi connectivity index (χ1n) is 5.60. The fourth-order valence-electron chi connectivity index (χ4n) is 1.54. The molecule has 0 unspecified atom stereocenters. The summed E-state index contributed by atoms with van der Waals surface area (Å²) in [5.41, 5.74) is 8.27. The number of hydrogen-bond acceptors (Lipinski definition) is 2. The molecule has 2 heteroatoms. The molecule has 0 heterocycles. The van der Waals surface area contributed by atoms with Crippen molar-refractivity contribution in [3.63, 3.8) is 0 Å². The van der Waals surface area contributed by atoms with Crippen molar-refractivity contribution < 1.29 is 4.79 Å². The summed E-state index contributed by atoms with van der Waals surface area (Å²) >= 11 is 0. The Hall–Kier alpha value is -1.31. The van der Waals surface area contributed by atoms with Gasteiger partial charge in [-0.05, 0) is 30.5 Å². The first kappa shape index (κ1) is 11.8. The molecule has 82 valence electrons. The van der Waals surface area contributed by atoms with Crippen LogP contribution in [0.5, 0.6) is 0 Å². The Bertz CT molecular complexity index is 344. The number of nitrogen functional groups attached to an aromatic ring is 1. The van der Waals surface area contributed by atoms with E-state index >= 15 is 0 Å². The average Bonchev–Trinajstić information content (AvgIpc) is 2.26. The third-order valence-corrected chi connectivity index (χ3v) is 2.58. The molecule has 0 aromatic heterocycles. The van der Waals surface area contributed by atoms with Gasteiger partial charge < -0.3 is 5.73 Å². The number of anilines is 1. The minimum atomic E-state index is 0.171. The van der Waals surface area contributed by atoms with Gasteiger partial charge in [-0.15, -0.1) is 0 Å². The first-order valence-corrected chi connectivity index (χ1v) is 5.60. The van der Waals surface area contributed by atoms with Crippen molar-refractivity contribution in [3.05, 3.63) is 29.3 Å². The van der Waals surface area contributed by atoms with Crippen LogP contribution in [0.15, 0.2) is 18.2 Å². The highest BCUT2D eigenvalue weighted by molar-refractivity contribution is 6.00. The predicted octanol–water partition coefficient (Wildman–Crippen LogP) is 3.20. The Morgan fingerprint density at radius 2 is 2.07 bits per heavy atom. The quantitative estimate of drug-likeness (QED) is 0.592. The van der Waals surface area contributed by atoms with E-state index in [4.69, 9.17) is 5.73 Å². The Balaban J connectivity index is 2.86. The molecule has 1 rings (SSSR count). The van der Waals surface area contributed by atoms with Gasteiger partial charge in [0.15, 0.2) is 5.78 Å². The third-order valence-electron chi connectivity index (χ3n) is 2.58. The van der Waals surface area contributed by atoms with Gasteiger partial charge in [0.2, 0.25) is 0 Å². The van der Waals surface area contributed by atoms with Gasteiger partial charge in [-0.2, -0.15) is 0 Å². The van der Waals surface area contributed by atoms with Crippen molar-refractivity contribution in [1.29, 1.82) is 0 Å². The maximum atomic E-state index is 11.8. The Labute approximate surface area is 91.5 Å². The molecule has 0 radical (unpaired) electrons. The molecule has 2 nitrogen and oxygen atoms in total. The number of unbranched alkanes of at least 4 members (excludes halogenated alkanes) is 1. The summed E-state index contributed by atoms with van der Waals surface area (Å²) in [5, 5.41) is 0. The molecule has 2 N–H and O–H groups in total. The Morgan fingerprint density at radius 3 is 2.67 bits per heavy atom. The van der Waals surface area contributed by atoms with Gasteiger partial charge in [-0.3, -0.25) is 4.79 Å². The van der Waals surface area contributed by atoms with Crippen LogP contribution in [0.2, 0.25) is 0 Å². The molecule has 0 saturated heterocycles. The minimum Gasteiger partial charge on any atom is -0.398 e. The van der Waals surface area contributed by atoms with Crippen LogP contribution in [-0.4, -0.2) is 5.78 Å². The average molecular weight is 205 g/mol. The SMILES string of the molecule is CCCCC(=O)c1cc(CC)ccc1N. The highest BCUT2D eigenvalue weighted by Crippen LogP contribution is 2.17. The Kier molecular flexibility index (Phi) is 4.35. The molecule has 0 aliphatic carbocycles. The summed E-state index contributed by atoms with van der Waals surface area (Å²) in [6.45, 7) is 4.16. The molecule has 0 spiro atoms. The topological polar surface area (TPSA) is 43.1 Å². The Morgan fingerprint density at radius 1 is 1.33 bits per heavy atom. The highest BCUT2D eigenvalue weighted by atomic mass is 16.1. The summed E-state index contributed by atoms with van der Waals surface area (Å²) in [6.07, 6.45) is 3.52. The fraction of sp³-hybridized carbons (Fsp3) is 0.462. The molecule has 0 atom stereocenters. The van der Waals surface area contributed by atoms with Crippen molar-refractivity contribution in [2.75, 3.05) is 5.73 Å². The lowest BCUT2D eigenvalue weighted by atomic mass is 10.0. The number of carbonyl (C=O) groups is 1. The number of carbonyl (C=O) groups excluding carboxylic acids is 1. The first-order chi connectivity index (χ1) is 7.19. The van der Waals surface area contributed by atoms with E-state index in [1.807, 2.05) is 18.2 Å². The summed E-state index contributed by atoms with van der Waals surface area (Å²) in [4.78, 5) is 11.8. The number of nitrogens with two attached hydrogens (primary N) is 1. The molecule has 0 fully saturated rings. The maximum absolute atomic E-state index is 11.8. The van der Waals surface area contributed by atoms with Crippen molar-refractivity contribution in [1.82, 2.24) is 0 Å². The van der Waals surface area contributed by atoms with Gasteiger partial charge in [-0.1, -0.05) is 26.3 Å². The second-order valence-electron chi connectivity index (χ2n) is 3.80. The minimum absolute atomic E-state index is 0.171. The third kappa shape index (κ3) is 3.08. The molecule has 15 heavy (non-hydrogen) atoms. The molecule has 0 aliphatic rings. The molecular formula is C13H19NO. The standard InChI is InChI=1S/C13H19NO/c1-3-5-6-13(15)11-9-10(4-2)7-8-12(11)14/h7-9H,3-6,14H2,1-2H3. The van der Waals surface area contributed by atoms with Crippen molar-refractivity contribution >= 4 is 11.5 Å². The van der Waals surface area contributed by atoms with Gasteiger partial charge in [0.05, 0.1) is 0 Å². The number of Topliss-reactive ketones (excluding diaryl/α,β-unsaturated/α-hetero) is 1. The zero-order valence-corrected chi connectivity index (χ0v) is 9.55. The summed E-state index contributed by atoms with van der Waals surface area (Å²) in [7, 11) is 0. The second-order valence-corrected chi connectivity index (χ2v) is 3.80. The van der Waals surface area contributed by atoms with Crippen LogP contribution >= 0.6 is 0 Å². The maximum Gasteiger partial charge on any atom is 0.164 e. The van der Waals surface area contributed by atoms with Crippen LogP contribution in [0, 0.1) is 0 Å². The zero-order chi connectivity index (χ0) is 11.3. The lowest BCUT2D eigenvalue weighted by Gasteiger charge is -2.06. The molecule has 0 aliphatic heterocycles. The zero-order valence-electron chi connectivity index (χ0n) is 9.55. The van der Waals surface area contributed by atoms with Crippen LogP contribution in [0.4, 0.5) is 5.69 Å². The van der Waals surface area contributed by atoms with E-state index in [1.165, 1.54) is 5.56 Å². The van der Waals surface area contributed by atoms with Crippen molar-refractivity contribution in [2.24, 2.45) is 0 Å². The van der Waals surface area contributed by atoms with E-state index in [9.17, 15) is 4.79 Å². The van der Waals surface area contributed by atoms with Gasteiger partial charge in [-0.25, -0.2) is 0 Å². The van der Waals surface area contributed by atoms with Crippen molar-refractivity contribution in [2.45, 2.75) is 39.5 Å². The van der Waals surface area contributed by atoms with E-state index in [0.717, 1.165) is 19.3 Å². The van der Waals surface area contributed by atoms with Gasteiger partial charge in [0.25, 0.3) is 0 Å². The van der Waals surface area contributed by atoms with E-state index in [-0.39, 0.29) is 5.78 Å². The van der Waals surface area contributed by atoms with Crippen molar-refractivity contribution in [3.8, 4) is 0 Å². The van der Waals surface area contributed by atoms with Crippen LogP contribution in [0.3, 0.4) is 0 Å². The molecule has 0 amide bonds. The summed E-state index contributed by atoms with van der Waals surface area (Å²) < 4.78 is 0. The van der Waals surface area contributed by atoms with Gasteiger partial charge in [0, 0.05) is 17.7 Å². The lowest BCUT2D eigenvalue weighted by molar-refractivity contribution is 0.0980. The van der Waals surface area contributed by atoms with Gasteiger partial charge >= 0.3 is 0 Å². The van der Waals surface area contributed by atoms with Crippen LogP contribution in [0.25, 0.3) is 0 Å². The van der Waals surface area contributed by atoms with E-state index in [0.29, 0.717) is 17.7 Å².